The third-order valence-corrected chi connectivity index (χ3v) is 6.58. The average Bonchev–Trinajstić information content (AvgIpc) is 2.62. The molecule has 2 aliphatic rings. The highest BCUT2D eigenvalue weighted by Crippen LogP contribution is 2.35. The van der Waals surface area contributed by atoms with Crippen LogP contribution in [-0.2, 0) is 4.74 Å². The summed E-state index contributed by atoms with van der Waals surface area (Å²) in [6.07, 6.45) is 4.54. The molecule has 0 aromatic heterocycles. The van der Waals surface area contributed by atoms with Gasteiger partial charge in [0.1, 0.15) is 0 Å². The second kappa shape index (κ2) is 13.3. The minimum absolute atomic E-state index is 0. The van der Waals surface area contributed by atoms with Crippen LogP contribution in [0.4, 0.5) is 0 Å². The smallest absolute Gasteiger partial charge is 0.191 e. The highest BCUT2D eigenvalue weighted by atomic mass is 127. The number of nitrogens with one attached hydrogen (secondary N) is 2. The van der Waals surface area contributed by atoms with Crippen molar-refractivity contribution < 1.29 is 4.74 Å². The molecule has 5 nitrogen and oxygen atoms in total. The van der Waals surface area contributed by atoms with E-state index in [-0.39, 0.29) is 28.7 Å². The van der Waals surface area contributed by atoms with E-state index in [0.29, 0.717) is 6.04 Å². The highest BCUT2D eigenvalue weighted by Gasteiger charge is 2.32. The molecule has 0 aromatic carbocycles. The number of likely N-dealkylation sites (tertiary alicyclic amines) is 1. The van der Waals surface area contributed by atoms with Gasteiger partial charge in [-0.2, -0.15) is 11.8 Å². The van der Waals surface area contributed by atoms with Crippen molar-refractivity contribution in [3.63, 3.8) is 0 Å². The first kappa shape index (κ1) is 25.0. The number of halogens is 1. The van der Waals surface area contributed by atoms with Crippen LogP contribution in [0.5, 0.6) is 0 Å². The molecule has 2 fully saturated rings. The largest absolute Gasteiger partial charge is 0.381 e. The molecule has 0 unspecified atom stereocenters. The number of thioether (sulfide) groups is 1. The molecule has 7 heteroatoms. The van der Waals surface area contributed by atoms with Crippen LogP contribution in [0.25, 0.3) is 0 Å². The Labute approximate surface area is 187 Å². The van der Waals surface area contributed by atoms with Crippen molar-refractivity contribution in [2.75, 3.05) is 51.7 Å². The topological polar surface area (TPSA) is 48.9 Å². The lowest BCUT2D eigenvalue weighted by atomic mass is 9.99. The van der Waals surface area contributed by atoms with Gasteiger partial charge in [-0.05, 0) is 45.3 Å². The van der Waals surface area contributed by atoms with Gasteiger partial charge in [-0.15, -0.1) is 24.0 Å². The van der Waals surface area contributed by atoms with E-state index in [9.17, 15) is 0 Å². The summed E-state index contributed by atoms with van der Waals surface area (Å²) in [4.78, 5) is 7.48. The lowest BCUT2D eigenvalue weighted by Gasteiger charge is -2.36. The summed E-state index contributed by atoms with van der Waals surface area (Å²) >= 11 is 2.05. The second-order valence-electron chi connectivity index (χ2n) is 7.58. The maximum atomic E-state index is 5.58. The maximum Gasteiger partial charge on any atom is 0.191 e. The van der Waals surface area contributed by atoms with Crippen LogP contribution in [0, 0.1) is 0 Å². The summed E-state index contributed by atoms with van der Waals surface area (Å²) in [5.41, 5.74) is 1.25. The van der Waals surface area contributed by atoms with E-state index in [1.807, 2.05) is 0 Å². The molecule has 0 amide bonds. The lowest BCUT2D eigenvalue weighted by Crippen LogP contribution is -2.49. The van der Waals surface area contributed by atoms with Crippen molar-refractivity contribution in [2.24, 2.45) is 4.99 Å². The standard InChI is InChI=1S/C20H38N4OS.HI/c1-5-21-19(22-16-20(26-6-2)9-13-25-14-10-20)23-18-7-11-24(12-8-18)15-17(3)4;/h18H,3,5-16H2,1-2,4H3,(H2,21,22,23);1H. The fourth-order valence-electron chi connectivity index (χ4n) is 3.75. The number of hydrogen-bond acceptors (Lipinski definition) is 4. The summed E-state index contributed by atoms with van der Waals surface area (Å²) in [5, 5.41) is 7.12. The van der Waals surface area contributed by atoms with Gasteiger partial charge in [0.15, 0.2) is 5.96 Å². The van der Waals surface area contributed by atoms with Crippen LogP contribution in [0.1, 0.15) is 46.5 Å². The number of guanidine groups is 1. The molecule has 2 aliphatic heterocycles. The monoisotopic (exact) mass is 510 g/mol. The number of rotatable bonds is 8. The van der Waals surface area contributed by atoms with Crippen LogP contribution in [0.3, 0.4) is 0 Å². The molecule has 0 radical (unpaired) electrons. The Morgan fingerprint density at radius 2 is 1.93 bits per heavy atom. The van der Waals surface area contributed by atoms with Gasteiger partial charge in [-0.25, -0.2) is 0 Å². The first-order chi connectivity index (χ1) is 12.6. The van der Waals surface area contributed by atoms with Gasteiger partial charge in [-0.1, -0.05) is 19.1 Å². The van der Waals surface area contributed by atoms with Gasteiger partial charge >= 0.3 is 0 Å². The van der Waals surface area contributed by atoms with E-state index >= 15 is 0 Å². The highest BCUT2D eigenvalue weighted by molar-refractivity contribution is 14.0. The molecule has 2 rings (SSSR count). The molecule has 0 aliphatic carbocycles. The molecule has 2 saturated heterocycles. The van der Waals surface area contributed by atoms with Crippen molar-refractivity contribution in [3.05, 3.63) is 12.2 Å². The Hall–Kier alpha value is 0.01000. The van der Waals surface area contributed by atoms with Gasteiger partial charge < -0.3 is 15.4 Å². The Kier molecular flexibility index (Phi) is 12.3. The van der Waals surface area contributed by atoms with E-state index in [2.05, 4.69) is 54.6 Å². The molecular weight excluding hydrogens is 471 g/mol. The fourth-order valence-corrected chi connectivity index (χ4v) is 4.97. The van der Waals surface area contributed by atoms with Gasteiger partial charge in [-0.3, -0.25) is 9.89 Å². The van der Waals surface area contributed by atoms with Crippen molar-refractivity contribution in [1.82, 2.24) is 15.5 Å². The average molecular weight is 511 g/mol. The molecule has 0 saturated carbocycles. The minimum atomic E-state index is 0. The van der Waals surface area contributed by atoms with E-state index in [1.165, 1.54) is 18.4 Å². The number of ether oxygens (including phenoxy) is 1. The van der Waals surface area contributed by atoms with Crippen LogP contribution >= 0.6 is 35.7 Å². The third kappa shape index (κ3) is 8.92. The first-order valence-electron chi connectivity index (χ1n) is 10.2. The number of hydrogen-bond donors (Lipinski definition) is 2. The Morgan fingerprint density at radius 1 is 1.26 bits per heavy atom. The number of aliphatic imine (C=N–C) groups is 1. The van der Waals surface area contributed by atoms with E-state index in [0.717, 1.165) is 70.5 Å². The lowest BCUT2D eigenvalue weighted by molar-refractivity contribution is 0.0793. The molecule has 2 N–H and O–H groups in total. The van der Waals surface area contributed by atoms with Crippen molar-refractivity contribution in [1.29, 1.82) is 0 Å². The minimum Gasteiger partial charge on any atom is -0.381 e. The number of piperidine rings is 1. The zero-order valence-corrected chi connectivity index (χ0v) is 20.5. The zero-order valence-electron chi connectivity index (χ0n) is 17.4. The molecule has 2 heterocycles. The summed E-state index contributed by atoms with van der Waals surface area (Å²) < 4.78 is 5.83. The molecular formula is C20H39IN4OS. The molecule has 27 heavy (non-hydrogen) atoms. The summed E-state index contributed by atoms with van der Waals surface area (Å²) in [5.74, 6) is 2.12. The van der Waals surface area contributed by atoms with Crippen LogP contribution in [-0.4, -0.2) is 73.3 Å². The normalized spacial score (nSPS) is 21.4. The quantitative estimate of drug-likeness (QED) is 0.227. The Balaban J connectivity index is 0.00000364. The predicted molar refractivity (Wildman–Crippen MR) is 130 cm³/mol. The number of nitrogens with zero attached hydrogens (tertiary/aromatic N) is 2. The van der Waals surface area contributed by atoms with Gasteiger partial charge in [0.2, 0.25) is 0 Å². The summed E-state index contributed by atoms with van der Waals surface area (Å²) in [6.45, 7) is 17.3. The molecule has 158 valence electrons. The van der Waals surface area contributed by atoms with Crippen molar-refractivity contribution in [2.45, 2.75) is 57.2 Å². The predicted octanol–water partition coefficient (Wildman–Crippen LogP) is 3.50. The van der Waals surface area contributed by atoms with Crippen molar-refractivity contribution >= 4 is 41.7 Å². The molecule has 0 bridgehead atoms. The fraction of sp³-hybridized carbons (Fsp3) is 0.850. The van der Waals surface area contributed by atoms with Crippen molar-refractivity contribution in [3.8, 4) is 0 Å². The molecule has 0 aromatic rings. The van der Waals surface area contributed by atoms with Crippen LogP contribution in [0.2, 0.25) is 0 Å². The zero-order chi connectivity index (χ0) is 18.8. The Bertz CT molecular complexity index is 455. The molecule has 0 spiro atoms. The van der Waals surface area contributed by atoms with E-state index < -0.39 is 0 Å². The molecule has 0 atom stereocenters. The van der Waals surface area contributed by atoms with Gasteiger partial charge in [0.05, 0.1) is 6.54 Å². The Morgan fingerprint density at radius 3 is 2.48 bits per heavy atom. The third-order valence-electron chi connectivity index (χ3n) is 5.15. The van der Waals surface area contributed by atoms with Crippen LogP contribution < -0.4 is 10.6 Å². The van der Waals surface area contributed by atoms with Gasteiger partial charge in [0, 0.05) is 50.2 Å². The second-order valence-corrected chi connectivity index (χ2v) is 9.31. The van der Waals surface area contributed by atoms with Crippen LogP contribution in [0.15, 0.2) is 17.1 Å². The summed E-state index contributed by atoms with van der Waals surface area (Å²) in [7, 11) is 0. The summed E-state index contributed by atoms with van der Waals surface area (Å²) in [6, 6.07) is 0.513. The van der Waals surface area contributed by atoms with E-state index in [4.69, 9.17) is 9.73 Å². The first-order valence-corrected chi connectivity index (χ1v) is 11.2. The van der Waals surface area contributed by atoms with E-state index in [1.54, 1.807) is 0 Å². The van der Waals surface area contributed by atoms with Gasteiger partial charge in [0.25, 0.3) is 0 Å². The maximum absolute atomic E-state index is 5.58. The SMILES string of the molecule is C=C(C)CN1CCC(NC(=NCC2(SCC)CCOCC2)NCC)CC1.I.